The summed E-state index contributed by atoms with van der Waals surface area (Å²) in [6, 6.07) is 17.5. The number of piperidine rings is 1. The smallest absolute Gasteiger partial charge is 0.326 e. The van der Waals surface area contributed by atoms with Crippen molar-refractivity contribution >= 4 is 37.6 Å². The van der Waals surface area contributed by atoms with Crippen molar-refractivity contribution in [3.63, 3.8) is 0 Å². The first-order chi connectivity index (χ1) is 19.1. The van der Waals surface area contributed by atoms with Gasteiger partial charge in [0.25, 0.3) is 0 Å². The number of carboxylic acids is 1. The summed E-state index contributed by atoms with van der Waals surface area (Å²) in [7, 11) is -1.02. The van der Waals surface area contributed by atoms with Crippen LogP contribution < -0.4 is 20.1 Å². The van der Waals surface area contributed by atoms with Gasteiger partial charge in [0.15, 0.2) is 14.6 Å². The van der Waals surface area contributed by atoms with Crippen LogP contribution >= 0.6 is 15.9 Å². The fourth-order valence-electron chi connectivity index (χ4n) is 4.95. The summed E-state index contributed by atoms with van der Waals surface area (Å²) in [5, 5.41) is 15.5. The Bertz CT molecular complexity index is 1460. The first kappa shape index (κ1) is 29.6. The average molecular weight is 632 g/mol. The second-order valence-electron chi connectivity index (χ2n) is 9.54. The number of methoxy groups -OCH3 is 2. The van der Waals surface area contributed by atoms with Gasteiger partial charge in [-0.15, -0.1) is 0 Å². The van der Waals surface area contributed by atoms with E-state index in [4.69, 9.17) is 9.47 Å². The summed E-state index contributed by atoms with van der Waals surface area (Å²) in [5.41, 5.74) is 2.21. The van der Waals surface area contributed by atoms with E-state index in [9.17, 15) is 23.1 Å². The van der Waals surface area contributed by atoms with Crippen molar-refractivity contribution in [2.75, 3.05) is 27.3 Å². The molecule has 3 N–H and O–H groups in total. The van der Waals surface area contributed by atoms with Crippen molar-refractivity contribution in [1.29, 1.82) is 0 Å². The van der Waals surface area contributed by atoms with Crippen LogP contribution in [-0.2, 0) is 25.8 Å². The zero-order valence-corrected chi connectivity index (χ0v) is 24.5. The second-order valence-corrected chi connectivity index (χ2v) is 12.7. The van der Waals surface area contributed by atoms with Crippen LogP contribution in [0.3, 0.4) is 0 Å². The fraction of sp³-hybridized carbons (Fsp3) is 0.310. The molecule has 4 rings (SSSR count). The molecule has 1 aliphatic heterocycles. The number of rotatable bonds is 10. The van der Waals surface area contributed by atoms with E-state index in [0.717, 1.165) is 11.1 Å². The number of hydrogen-bond acceptors (Lipinski definition) is 7. The van der Waals surface area contributed by atoms with Gasteiger partial charge in [0.1, 0.15) is 17.5 Å². The first-order valence-electron chi connectivity index (χ1n) is 12.7. The Morgan fingerprint density at radius 1 is 1.05 bits per heavy atom. The minimum atomic E-state index is -4.16. The van der Waals surface area contributed by atoms with Gasteiger partial charge in [-0.2, -0.15) is 0 Å². The van der Waals surface area contributed by atoms with Crippen LogP contribution in [0.4, 0.5) is 0 Å². The van der Waals surface area contributed by atoms with Gasteiger partial charge in [0.2, 0.25) is 5.91 Å². The number of nitrogens with one attached hydrogen (secondary N) is 2. The van der Waals surface area contributed by atoms with Crippen molar-refractivity contribution in [2.45, 2.75) is 34.9 Å². The lowest BCUT2D eigenvalue weighted by atomic mass is 9.96. The number of carbonyl (C=O) groups is 2. The van der Waals surface area contributed by atoms with E-state index >= 15 is 0 Å². The van der Waals surface area contributed by atoms with E-state index in [1.54, 1.807) is 38.5 Å². The molecule has 1 saturated heterocycles. The van der Waals surface area contributed by atoms with E-state index in [1.165, 1.54) is 12.1 Å². The monoisotopic (exact) mass is 630 g/mol. The predicted octanol–water partition coefficient (Wildman–Crippen LogP) is 3.84. The number of carboxylic acid groups (broad SMARTS) is 1. The van der Waals surface area contributed by atoms with Gasteiger partial charge in [0, 0.05) is 17.4 Å². The van der Waals surface area contributed by atoms with Gasteiger partial charge >= 0.3 is 5.97 Å². The standard InChI is InChI=1S/C29H31BrN2O7S/c1-38-24-8-4-9-25(39-2)26(24)20-12-10-19(11-13-20)16-23(27(33)34)32-28(35)29(14-5-15-31-18-29)40(36,37)22-7-3-6-21(30)17-22/h3-4,6-13,17,23,31H,5,14-16,18H2,1-2H3,(H,32,35)(H,33,34)/t23-,29?/m0/s1. The molecule has 0 bridgehead atoms. The Kier molecular flexibility index (Phi) is 9.17. The van der Waals surface area contributed by atoms with Crippen molar-refractivity contribution in [3.05, 3.63) is 76.8 Å². The summed E-state index contributed by atoms with van der Waals surface area (Å²) < 4.78 is 37.3. The SMILES string of the molecule is COc1cccc(OC)c1-c1ccc(C[C@H](NC(=O)C2(S(=O)(=O)c3cccc(Br)c3)CCCNC2)C(=O)O)cc1. The normalized spacial score (nSPS) is 18.0. The highest BCUT2D eigenvalue weighted by atomic mass is 79.9. The molecule has 1 fully saturated rings. The molecule has 3 aromatic rings. The van der Waals surface area contributed by atoms with Crippen LogP contribution in [0.15, 0.2) is 76.1 Å². The Morgan fingerprint density at radius 2 is 1.70 bits per heavy atom. The highest BCUT2D eigenvalue weighted by molar-refractivity contribution is 9.10. The van der Waals surface area contributed by atoms with E-state index in [0.29, 0.717) is 34.5 Å². The molecule has 1 aliphatic rings. The highest BCUT2D eigenvalue weighted by Gasteiger charge is 2.52. The number of sulfone groups is 1. The maximum absolute atomic E-state index is 13.8. The predicted molar refractivity (Wildman–Crippen MR) is 154 cm³/mol. The Hall–Kier alpha value is -3.41. The summed E-state index contributed by atoms with van der Waals surface area (Å²) >= 11 is 3.29. The van der Waals surface area contributed by atoms with Crippen LogP contribution in [0.1, 0.15) is 18.4 Å². The van der Waals surface area contributed by atoms with Crippen LogP contribution in [-0.4, -0.2) is 63.5 Å². The summed E-state index contributed by atoms with van der Waals surface area (Å²) in [6.07, 6.45) is 0.486. The van der Waals surface area contributed by atoms with E-state index in [2.05, 4.69) is 26.6 Å². The quantitative estimate of drug-likeness (QED) is 0.308. The summed E-state index contributed by atoms with van der Waals surface area (Å²) in [5.74, 6) is -0.841. The number of hydrogen-bond donors (Lipinski definition) is 3. The van der Waals surface area contributed by atoms with Gasteiger partial charge in [-0.3, -0.25) is 4.79 Å². The zero-order valence-electron chi connectivity index (χ0n) is 22.1. The molecule has 9 nitrogen and oxygen atoms in total. The minimum absolute atomic E-state index is 0.00467. The molecule has 1 heterocycles. The Morgan fingerprint density at radius 3 is 2.25 bits per heavy atom. The zero-order chi connectivity index (χ0) is 28.9. The molecule has 1 amide bonds. The van der Waals surface area contributed by atoms with Crippen LogP contribution in [0, 0.1) is 0 Å². The maximum Gasteiger partial charge on any atom is 0.326 e. The minimum Gasteiger partial charge on any atom is -0.496 e. The lowest BCUT2D eigenvalue weighted by Crippen LogP contribution is -2.62. The third-order valence-electron chi connectivity index (χ3n) is 7.09. The number of halogens is 1. The third-order valence-corrected chi connectivity index (χ3v) is 10.0. The number of aliphatic carboxylic acids is 1. The molecule has 0 radical (unpaired) electrons. The molecular weight excluding hydrogens is 600 g/mol. The number of carbonyl (C=O) groups excluding carboxylic acids is 1. The van der Waals surface area contributed by atoms with Crippen LogP contribution in [0.2, 0.25) is 0 Å². The Labute approximate surface area is 241 Å². The van der Waals surface area contributed by atoms with Gasteiger partial charge in [-0.05, 0) is 60.8 Å². The maximum atomic E-state index is 13.8. The van der Waals surface area contributed by atoms with Crippen molar-refractivity contribution < 1.29 is 32.6 Å². The van der Waals surface area contributed by atoms with Crippen LogP contribution in [0.5, 0.6) is 11.5 Å². The number of ether oxygens (including phenoxy) is 2. The van der Waals surface area contributed by atoms with E-state index in [1.807, 2.05) is 30.3 Å². The largest absolute Gasteiger partial charge is 0.496 e. The van der Waals surface area contributed by atoms with E-state index < -0.39 is 32.5 Å². The summed E-state index contributed by atoms with van der Waals surface area (Å²) in [6.45, 7) is 0.449. The number of amides is 1. The molecule has 0 aromatic heterocycles. The number of benzene rings is 3. The van der Waals surface area contributed by atoms with E-state index in [-0.39, 0.29) is 24.3 Å². The molecule has 0 aliphatic carbocycles. The topological polar surface area (TPSA) is 131 Å². The molecule has 0 spiro atoms. The lowest BCUT2D eigenvalue weighted by Gasteiger charge is -2.36. The molecular formula is C29H31BrN2O7S. The summed E-state index contributed by atoms with van der Waals surface area (Å²) in [4.78, 5) is 25.9. The molecule has 3 aromatic carbocycles. The average Bonchev–Trinajstić information content (AvgIpc) is 2.96. The first-order valence-corrected chi connectivity index (χ1v) is 15.0. The van der Waals surface area contributed by atoms with Crippen molar-refractivity contribution in [1.82, 2.24) is 10.6 Å². The van der Waals surface area contributed by atoms with Crippen molar-refractivity contribution in [2.24, 2.45) is 0 Å². The fourth-order valence-corrected chi connectivity index (χ4v) is 7.50. The molecule has 212 valence electrons. The molecule has 1 unspecified atom stereocenters. The van der Waals surface area contributed by atoms with Crippen molar-refractivity contribution in [3.8, 4) is 22.6 Å². The molecule has 0 saturated carbocycles. The van der Waals surface area contributed by atoms with Gasteiger partial charge in [0.05, 0.1) is 24.7 Å². The molecule has 2 atom stereocenters. The van der Waals surface area contributed by atoms with Gasteiger partial charge < -0.3 is 25.2 Å². The molecule has 11 heteroatoms. The van der Waals surface area contributed by atoms with Gasteiger partial charge in [-0.25, -0.2) is 13.2 Å². The molecule has 40 heavy (non-hydrogen) atoms. The van der Waals surface area contributed by atoms with Gasteiger partial charge in [-0.1, -0.05) is 52.3 Å². The van der Waals surface area contributed by atoms with Crippen LogP contribution in [0.25, 0.3) is 11.1 Å². The highest BCUT2D eigenvalue weighted by Crippen LogP contribution is 2.38. The Balaban J connectivity index is 1.60. The third kappa shape index (κ3) is 5.86. The second kappa shape index (κ2) is 12.4. The lowest BCUT2D eigenvalue weighted by molar-refractivity contribution is -0.142.